The summed E-state index contributed by atoms with van der Waals surface area (Å²) in [6, 6.07) is 1.39. The Balaban J connectivity index is 2.09. The number of sulfone groups is 1. The van der Waals surface area contributed by atoms with Crippen LogP contribution in [0.4, 0.5) is 19.0 Å². The third-order valence-corrected chi connectivity index (χ3v) is 7.22. The standard InChI is InChI=1S/C18H17ClF3N5O3S/c1-3-31(29,30)11-6-9(19)15(23)25-13(11)16-24-10-7-12(18(20,21)22)27(8-4-5-8)17(28)14(10)26(16)2/h6-8H,3-5H2,1-2H3,(H2,23,25). The van der Waals surface area contributed by atoms with Crippen LogP contribution in [0.1, 0.15) is 31.5 Å². The molecule has 3 aromatic rings. The van der Waals surface area contributed by atoms with Gasteiger partial charge in [-0.25, -0.2) is 18.4 Å². The van der Waals surface area contributed by atoms with Crippen LogP contribution in [0.15, 0.2) is 21.8 Å². The minimum atomic E-state index is -4.76. The predicted octanol–water partition coefficient (Wildman–Crippen LogP) is 3.18. The first-order valence-electron chi connectivity index (χ1n) is 9.25. The summed E-state index contributed by atoms with van der Waals surface area (Å²) in [6.45, 7) is 1.42. The highest BCUT2D eigenvalue weighted by Crippen LogP contribution is 2.40. The maximum Gasteiger partial charge on any atom is 0.431 e. The van der Waals surface area contributed by atoms with Crippen LogP contribution in [-0.2, 0) is 23.1 Å². The van der Waals surface area contributed by atoms with Crippen LogP contribution in [0, 0.1) is 0 Å². The van der Waals surface area contributed by atoms with Crippen LogP contribution < -0.4 is 11.3 Å². The molecule has 0 unspecified atom stereocenters. The maximum atomic E-state index is 13.6. The van der Waals surface area contributed by atoms with Gasteiger partial charge >= 0.3 is 6.18 Å². The normalized spacial score (nSPS) is 15.0. The Labute approximate surface area is 179 Å². The lowest BCUT2D eigenvalue weighted by Crippen LogP contribution is -2.28. The summed E-state index contributed by atoms with van der Waals surface area (Å²) >= 11 is 5.96. The summed E-state index contributed by atoms with van der Waals surface area (Å²) in [4.78, 5) is 20.9. The molecule has 0 amide bonds. The lowest BCUT2D eigenvalue weighted by atomic mass is 10.2. The second-order valence-electron chi connectivity index (χ2n) is 7.27. The lowest BCUT2D eigenvalue weighted by Gasteiger charge is -2.15. The predicted molar refractivity (Wildman–Crippen MR) is 109 cm³/mol. The van der Waals surface area contributed by atoms with E-state index in [0.29, 0.717) is 12.8 Å². The van der Waals surface area contributed by atoms with Crippen molar-refractivity contribution in [1.29, 1.82) is 0 Å². The molecule has 4 rings (SSSR count). The van der Waals surface area contributed by atoms with Crippen molar-refractivity contribution in [3.63, 3.8) is 0 Å². The fraction of sp³-hybridized carbons (Fsp3) is 0.389. The van der Waals surface area contributed by atoms with Crippen molar-refractivity contribution in [1.82, 2.24) is 19.1 Å². The number of nitrogen functional groups attached to an aromatic ring is 1. The van der Waals surface area contributed by atoms with Crippen LogP contribution >= 0.6 is 11.6 Å². The number of anilines is 1. The lowest BCUT2D eigenvalue weighted by molar-refractivity contribution is -0.144. The largest absolute Gasteiger partial charge is 0.431 e. The Morgan fingerprint density at radius 1 is 1.26 bits per heavy atom. The third kappa shape index (κ3) is 3.47. The number of imidazole rings is 1. The summed E-state index contributed by atoms with van der Waals surface area (Å²) in [5.41, 5.74) is 3.30. The highest BCUT2D eigenvalue weighted by molar-refractivity contribution is 7.91. The van der Waals surface area contributed by atoms with Gasteiger partial charge in [-0.1, -0.05) is 18.5 Å². The average molecular weight is 476 g/mol. The molecule has 0 atom stereocenters. The van der Waals surface area contributed by atoms with E-state index in [1.807, 2.05) is 0 Å². The summed E-state index contributed by atoms with van der Waals surface area (Å²) in [5, 5.41) is -0.0926. The van der Waals surface area contributed by atoms with Crippen LogP contribution in [0.2, 0.25) is 5.02 Å². The highest BCUT2D eigenvalue weighted by atomic mass is 35.5. The van der Waals surface area contributed by atoms with Gasteiger partial charge in [0.15, 0.2) is 15.7 Å². The van der Waals surface area contributed by atoms with Crippen LogP contribution in [-0.4, -0.2) is 33.3 Å². The molecule has 0 radical (unpaired) electrons. The molecule has 8 nitrogen and oxygen atoms in total. The van der Waals surface area contributed by atoms with E-state index in [1.165, 1.54) is 18.5 Å². The number of pyridine rings is 2. The molecule has 0 aliphatic heterocycles. The second-order valence-corrected chi connectivity index (χ2v) is 9.92. The molecule has 2 N–H and O–H groups in total. The molecule has 3 heterocycles. The first kappa shape index (κ1) is 21.6. The third-order valence-electron chi connectivity index (χ3n) is 5.17. The van der Waals surface area contributed by atoms with E-state index in [2.05, 4.69) is 9.97 Å². The Bertz CT molecular complexity index is 1390. The van der Waals surface area contributed by atoms with Gasteiger partial charge in [-0.3, -0.25) is 9.36 Å². The number of aromatic nitrogens is 4. The van der Waals surface area contributed by atoms with Gasteiger partial charge in [0.2, 0.25) is 0 Å². The molecule has 1 fully saturated rings. The molecule has 0 aromatic carbocycles. The van der Waals surface area contributed by atoms with Crippen molar-refractivity contribution in [2.24, 2.45) is 7.05 Å². The van der Waals surface area contributed by atoms with Crippen molar-refractivity contribution in [2.45, 2.75) is 36.9 Å². The Kier molecular flexibility index (Phi) is 4.85. The van der Waals surface area contributed by atoms with E-state index in [1.54, 1.807) is 0 Å². The molecule has 1 aliphatic rings. The average Bonchev–Trinajstić information content (AvgIpc) is 3.45. The van der Waals surface area contributed by atoms with Crippen molar-refractivity contribution < 1.29 is 21.6 Å². The molecule has 166 valence electrons. The molecule has 1 saturated carbocycles. The van der Waals surface area contributed by atoms with Crippen molar-refractivity contribution in [2.75, 3.05) is 11.5 Å². The van der Waals surface area contributed by atoms with Gasteiger partial charge < -0.3 is 10.3 Å². The van der Waals surface area contributed by atoms with Crippen molar-refractivity contribution >= 4 is 38.3 Å². The first-order valence-corrected chi connectivity index (χ1v) is 11.3. The van der Waals surface area contributed by atoms with Crippen LogP contribution in [0.5, 0.6) is 0 Å². The van der Waals surface area contributed by atoms with Gasteiger partial charge in [0, 0.05) is 13.1 Å². The first-order chi connectivity index (χ1) is 14.4. The Hall–Kier alpha value is -2.60. The molecule has 0 spiro atoms. The van der Waals surface area contributed by atoms with E-state index in [4.69, 9.17) is 17.3 Å². The number of rotatable bonds is 4. The summed E-state index contributed by atoms with van der Waals surface area (Å²) in [7, 11) is -2.43. The van der Waals surface area contributed by atoms with E-state index in [0.717, 1.165) is 16.7 Å². The number of hydrogen-bond donors (Lipinski definition) is 1. The minimum absolute atomic E-state index is 0.0925. The van der Waals surface area contributed by atoms with Crippen molar-refractivity contribution in [3.05, 3.63) is 33.2 Å². The van der Waals surface area contributed by atoms with Crippen LogP contribution in [0.25, 0.3) is 22.6 Å². The summed E-state index contributed by atoms with van der Waals surface area (Å²) in [6.07, 6.45) is -3.83. The SMILES string of the molecule is CCS(=O)(=O)c1cc(Cl)c(N)nc1-c1nc2cc(C(F)(F)F)n(C3CC3)c(=O)c2n1C. The zero-order valence-electron chi connectivity index (χ0n) is 16.4. The molecule has 3 aromatic heterocycles. The molecule has 0 bridgehead atoms. The van der Waals surface area contributed by atoms with E-state index >= 15 is 0 Å². The highest BCUT2D eigenvalue weighted by Gasteiger charge is 2.40. The topological polar surface area (TPSA) is 113 Å². The number of hydrogen-bond acceptors (Lipinski definition) is 6. The fourth-order valence-electron chi connectivity index (χ4n) is 3.46. The van der Waals surface area contributed by atoms with Gasteiger partial charge in [0.25, 0.3) is 5.56 Å². The number of fused-ring (bicyclic) bond motifs is 1. The number of nitrogens with zero attached hydrogens (tertiary/aromatic N) is 4. The van der Waals surface area contributed by atoms with Gasteiger partial charge in [0.05, 0.1) is 21.2 Å². The zero-order valence-corrected chi connectivity index (χ0v) is 17.9. The van der Waals surface area contributed by atoms with Gasteiger partial charge in [-0.2, -0.15) is 13.2 Å². The molecular formula is C18H17ClF3N5O3S. The van der Waals surface area contributed by atoms with Crippen molar-refractivity contribution in [3.8, 4) is 11.5 Å². The fourth-order valence-corrected chi connectivity index (χ4v) is 4.72. The molecule has 13 heteroatoms. The number of aryl methyl sites for hydroxylation is 1. The summed E-state index contributed by atoms with van der Waals surface area (Å²) < 4.78 is 68.0. The second kappa shape index (κ2) is 6.95. The van der Waals surface area contributed by atoms with Gasteiger partial charge in [0.1, 0.15) is 22.7 Å². The molecule has 1 aliphatic carbocycles. The molecular weight excluding hydrogens is 459 g/mol. The van der Waals surface area contributed by atoms with E-state index < -0.39 is 33.3 Å². The summed E-state index contributed by atoms with van der Waals surface area (Å²) in [5.74, 6) is -0.562. The molecule has 0 saturated heterocycles. The Morgan fingerprint density at radius 3 is 2.45 bits per heavy atom. The van der Waals surface area contributed by atoms with Gasteiger partial charge in [-0.05, 0) is 25.0 Å². The minimum Gasteiger partial charge on any atom is -0.382 e. The van der Waals surface area contributed by atoms with Crippen LogP contribution in [0.3, 0.4) is 0 Å². The maximum absolute atomic E-state index is 13.6. The number of nitrogens with two attached hydrogens (primary N) is 1. The number of halogens is 4. The molecule has 31 heavy (non-hydrogen) atoms. The monoisotopic (exact) mass is 475 g/mol. The quantitative estimate of drug-likeness (QED) is 0.620. The Morgan fingerprint density at radius 2 is 1.90 bits per heavy atom. The van der Waals surface area contributed by atoms with Gasteiger partial charge in [-0.15, -0.1) is 0 Å². The smallest absolute Gasteiger partial charge is 0.382 e. The van der Waals surface area contributed by atoms with E-state index in [9.17, 15) is 26.4 Å². The zero-order chi connectivity index (χ0) is 22.9. The number of alkyl halides is 3. The van der Waals surface area contributed by atoms with E-state index in [-0.39, 0.29) is 44.0 Å².